The van der Waals surface area contributed by atoms with Gasteiger partial charge < -0.3 is 5.11 Å². The predicted octanol–water partition coefficient (Wildman–Crippen LogP) is 2.15. The molecule has 0 saturated carbocycles. The molecule has 1 N–H and O–H groups in total. The van der Waals surface area contributed by atoms with Gasteiger partial charge in [-0.25, -0.2) is 4.79 Å². The van der Waals surface area contributed by atoms with Gasteiger partial charge in [0.25, 0.3) is 0 Å². The second kappa shape index (κ2) is 3.67. The van der Waals surface area contributed by atoms with Crippen molar-refractivity contribution in [2.45, 2.75) is 20.3 Å². The maximum atomic E-state index is 10.2. The zero-order valence-corrected chi connectivity index (χ0v) is 7.03. The zero-order chi connectivity index (χ0) is 7.44. The molecule has 0 aliphatic carbocycles. The van der Waals surface area contributed by atoms with Crippen LogP contribution in [0.4, 0.5) is 0 Å². The van der Waals surface area contributed by atoms with E-state index in [4.69, 9.17) is 5.11 Å². The van der Waals surface area contributed by atoms with Crippen molar-refractivity contribution in [1.29, 1.82) is 0 Å². The van der Waals surface area contributed by atoms with Crippen LogP contribution in [-0.4, -0.2) is 11.1 Å². The topological polar surface area (TPSA) is 37.3 Å². The third-order valence-electron chi connectivity index (χ3n) is 1.09. The number of hydrogen-bond acceptors (Lipinski definition) is 1. The van der Waals surface area contributed by atoms with E-state index in [1.807, 2.05) is 6.92 Å². The van der Waals surface area contributed by atoms with Crippen molar-refractivity contribution < 1.29 is 9.90 Å². The standard InChI is InChI=1S/C6H9BrO2/c1-3-4(2)5(7)6(8)9/h3H2,1-2H3,(H,8,9). The van der Waals surface area contributed by atoms with Crippen molar-refractivity contribution in [3.63, 3.8) is 0 Å². The maximum Gasteiger partial charge on any atom is 0.342 e. The van der Waals surface area contributed by atoms with Crippen molar-refractivity contribution in [2.24, 2.45) is 0 Å². The lowest BCUT2D eigenvalue weighted by molar-refractivity contribution is -0.131. The van der Waals surface area contributed by atoms with Crippen LogP contribution in [0, 0.1) is 0 Å². The van der Waals surface area contributed by atoms with Crippen LogP contribution in [0.2, 0.25) is 0 Å². The van der Waals surface area contributed by atoms with Gasteiger partial charge >= 0.3 is 5.97 Å². The molecule has 0 radical (unpaired) electrons. The molecular formula is C6H9BrO2. The molecule has 0 aliphatic heterocycles. The minimum atomic E-state index is -0.894. The normalized spacial score (nSPS) is 12.8. The quantitative estimate of drug-likeness (QED) is 0.682. The largest absolute Gasteiger partial charge is 0.477 e. The third-order valence-corrected chi connectivity index (χ3v) is 2.11. The Kier molecular flexibility index (Phi) is 3.54. The molecule has 0 heterocycles. The molecule has 0 saturated heterocycles. The van der Waals surface area contributed by atoms with Gasteiger partial charge in [-0.15, -0.1) is 0 Å². The molecular weight excluding hydrogens is 184 g/mol. The number of allylic oxidation sites excluding steroid dienone is 1. The second-order valence-electron chi connectivity index (χ2n) is 1.75. The Morgan fingerprint density at radius 3 is 2.22 bits per heavy atom. The summed E-state index contributed by atoms with van der Waals surface area (Å²) in [7, 11) is 0. The van der Waals surface area contributed by atoms with Crippen LogP contribution in [0.1, 0.15) is 20.3 Å². The molecule has 9 heavy (non-hydrogen) atoms. The van der Waals surface area contributed by atoms with Gasteiger partial charge in [-0.05, 0) is 29.3 Å². The number of hydrogen-bond donors (Lipinski definition) is 1. The van der Waals surface area contributed by atoms with E-state index in [9.17, 15) is 4.79 Å². The molecule has 0 bridgehead atoms. The molecule has 0 aromatic carbocycles. The molecule has 0 amide bonds. The lowest BCUT2D eigenvalue weighted by Crippen LogP contribution is -1.95. The van der Waals surface area contributed by atoms with Crippen molar-refractivity contribution in [3.8, 4) is 0 Å². The predicted molar refractivity (Wildman–Crippen MR) is 39.6 cm³/mol. The van der Waals surface area contributed by atoms with E-state index in [0.29, 0.717) is 0 Å². The Bertz CT molecular complexity index is 149. The van der Waals surface area contributed by atoms with Gasteiger partial charge in [0.15, 0.2) is 0 Å². The van der Waals surface area contributed by atoms with E-state index in [0.717, 1.165) is 12.0 Å². The first-order valence-electron chi connectivity index (χ1n) is 2.68. The third kappa shape index (κ3) is 2.65. The van der Waals surface area contributed by atoms with Crippen molar-refractivity contribution in [1.82, 2.24) is 0 Å². The van der Waals surface area contributed by atoms with Crippen LogP contribution >= 0.6 is 15.9 Å². The summed E-state index contributed by atoms with van der Waals surface area (Å²) in [4.78, 5) is 10.2. The molecule has 3 heteroatoms. The Labute approximate surface area is 62.7 Å². The molecule has 0 aromatic heterocycles. The summed E-state index contributed by atoms with van der Waals surface area (Å²) in [5, 5.41) is 8.38. The van der Waals surface area contributed by atoms with Gasteiger partial charge in [-0.2, -0.15) is 0 Å². The SMILES string of the molecule is CCC(C)=C(Br)C(=O)O. The van der Waals surface area contributed by atoms with E-state index in [1.165, 1.54) is 0 Å². The summed E-state index contributed by atoms with van der Waals surface area (Å²) < 4.78 is 0.282. The summed E-state index contributed by atoms with van der Waals surface area (Å²) in [6.07, 6.45) is 0.771. The summed E-state index contributed by atoms with van der Waals surface area (Å²) in [5.74, 6) is -0.894. The van der Waals surface area contributed by atoms with Gasteiger partial charge in [-0.3, -0.25) is 0 Å². The number of halogens is 1. The first kappa shape index (κ1) is 8.69. The average molecular weight is 193 g/mol. The van der Waals surface area contributed by atoms with Crippen LogP contribution in [-0.2, 0) is 4.79 Å². The summed E-state index contributed by atoms with van der Waals surface area (Å²) >= 11 is 2.95. The van der Waals surface area contributed by atoms with Gasteiger partial charge in [0.2, 0.25) is 0 Å². The van der Waals surface area contributed by atoms with Crippen LogP contribution in [0.3, 0.4) is 0 Å². The number of carboxylic acids is 1. The Hall–Kier alpha value is -0.310. The van der Waals surface area contributed by atoms with E-state index >= 15 is 0 Å². The Morgan fingerprint density at radius 2 is 2.11 bits per heavy atom. The molecule has 0 aromatic rings. The zero-order valence-electron chi connectivity index (χ0n) is 5.44. The van der Waals surface area contributed by atoms with Crippen LogP contribution < -0.4 is 0 Å². The highest BCUT2D eigenvalue weighted by molar-refractivity contribution is 9.12. The first-order chi connectivity index (χ1) is 4.09. The fourth-order valence-corrected chi connectivity index (χ4v) is 0.618. The minimum absolute atomic E-state index is 0.282. The molecule has 0 fully saturated rings. The van der Waals surface area contributed by atoms with Crippen molar-refractivity contribution in [2.75, 3.05) is 0 Å². The number of aliphatic carboxylic acids is 1. The molecule has 2 nitrogen and oxygen atoms in total. The van der Waals surface area contributed by atoms with Gasteiger partial charge in [0.1, 0.15) is 4.48 Å². The lowest BCUT2D eigenvalue weighted by atomic mass is 10.2. The van der Waals surface area contributed by atoms with Crippen LogP contribution in [0.5, 0.6) is 0 Å². The van der Waals surface area contributed by atoms with Crippen LogP contribution in [0.15, 0.2) is 10.1 Å². The minimum Gasteiger partial charge on any atom is -0.477 e. The number of carboxylic acid groups (broad SMARTS) is 1. The van der Waals surface area contributed by atoms with E-state index in [2.05, 4.69) is 15.9 Å². The maximum absolute atomic E-state index is 10.2. The van der Waals surface area contributed by atoms with Crippen LogP contribution in [0.25, 0.3) is 0 Å². The van der Waals surface area contributed by atoms with Crippen molar-refractivity contribution in [3.05, 3.63) is 10.1 Å². The molecule has 0 rings (SSSR count). The van der Waals surface area contributed by atoms with Gasteiger partial charge in [0.05, 0.1) is 0 Å². The highest BCUT2D eigenvalue weighted by Crippen LogP contribution is 2.13. The van der Waals surface area contributed by atoms with E-state index in [-0.39, 0.29) is 4.48 Å². The summed E-state index contributed by atoms with van der Waals surface area (Å²) in [6, 6.07) is 0. The van der Waals surface area contributed by atoms with Gasteiger partial charge in [-0.1, -0.05) is 12.5 Å². The molecule has 0 spiro atoms. The highest BCUT2D eigenvalue weighted by Gasteiger charge is 2.04. The van der Waals surface area contributed by atoms with E-state index in [1.54, 1.807) is 6.92 Å². The Morgan fingerprint density at radius 1 is 1.67 bits per heavy atom. The number of carbonyl (C=O) groups is 1. The lowest BCUT2D eigenvalue weighted by Gasteiger charge is -1.95. The average Bonchev–Trinajstić information content (AvgIpc) is 1.84. The molecule has 0 unspecified atom stereocenters. The number of rotatable bonds is 2. The molecule has 0 atom stereocenters. The first-order valence-corrected chi connectivity index (χ1v) is 3.47. The molecule has 0 aliphatic rings. The van der Waals surface area contributed by atoms with Crippen molar-refractivity contribution >= 4 is 21.9 Å². The fourth-order valence-electron chi connectivity index (χ4n) is 0.338. The van der Waals surface area contributed by atoms with Gasteiger partial charge in [0, 0.05) is 0 Å². The highest BCUT2D eigenvalue weighted by atomic mass is 79.9. The second-order valence-corrected chi connectivity index (χ2v) is 2.55. The smallest absolute Gasteiger partial charge is 0.342 e. The van der Waals surface area contributed by atoms with E-state index < -0.39 is 5.97 Å². The monoisotopic (exact) mass is 192 g/mol. The summed E-state index contributed by atoms with van der Waals surface area (Å²) in [6.45, 7) is 3.71. The fraction of sp³-hybridized carbons (Fsp3) is 0.500. The summed E-state index contributed by atoms with van der Waals surface area (Å²) in [5.41, 5.74) is 0.863. The Balaban J connectivity index is 4.28. The molecule has 52 valence electrons.